The summed E-state index contributed by atoms with van der Waals surface area (Å²) in [7, 11) is 0. The minimum atomic E-state index is -0.194. The Bertz CT molecular complexity index is 134. The number of amides is 1. The van der Waals surface area contributed by atoms with Crippen LogP contribution in [0, 0.1) is 12.5 Å². The van der Waals surface area contributed by atoms with Crippen LogP contribution in [0.15, 0.2) is 0 Å². The molecule has 0 aromatic carbocycles. The van der Waals surface area contributed by atoms with Gasteiger partial charge < -0.3 is 0 Å². The van der Waals surface area contributed by atoms with Crippen LogP contribution >= 0.6 is 0 Å². The van der Waals surface area contributed by atoms with Crippen molar-refractivity contribution in [1.82, 2.24) is 5.43 Å². The van der Waals surface area contributed by atoms with Gasteiger partial charge in [-0.2, -0.15) is 11.5 Å². The predicted octanol–water partition coefficient (Wildman–Crippen LogP) is 0.983. The van der Waals surface area contributed by atoms with E-state index in [1.165, 1.54) is 0 Å². The van der Waals surface area contributed by atoms with Gasteiger partial charge in [-0.25, -0.2) is 0 Å². The van der Waals surface area contributed by atoms with Crippen LogP contribution in [0.1, 0.15) is 20.3 Å². The van der Waals surface area contributed by atoms with Gasteiger partial charge in [-0.05, 0) is 5.92 Å². The Kier molecular flexibility index (Phi) is 3.45. The van der Waals surface area contributed by atoms with Crippen molar-refractivity contribution in [3.63, 3.8) is 0 Å². The highest BCUT2D eigenvalue weighted by molar-refractivity contribution is 5.76. The topological polar surface area (TPSA) is 33.5 Å². The fraction of sp³-hybridized carbons (Fsp3) is 0.667. The summed E-state index contributed by atoms with van der Waals surface area (Å²) in [6, 6.07) is 0. The lowest BCUT2D eigenvalue weighted by Gasteiger charge is -1.96. The zero-order valence-corrected chi connectivity index (χ0v) is 5.64. The fourth-order valence-electron chi connectivity index (χ4n) is 0.479. The summed E-state index contributed by atoms with van der Waals surface area (Å²) in [5.41, 5.74) is 2.03. The summed E-state index contributed by atoms with van der Waals surface area (Å²) in [4.78, 5) is 13.3. The van der Waals surface area contributed by atoms with E-state index in [9.17, 15) is 4.79 Å². The molecule has 3 heteroatoms. The fourth-order valence-corrected chi connectivity index (χ4v) is 0.479. The first kappa shape index (κ1) is 7.96. The van der Waals surface area contributed by atoms with Gasteiger partial charge in [0.05, 0.1) is 0 Å². The summed E-state index contributed by atoms with van der Waals surface area (Å²) in [5.74, 6) is 0.131. The molecule has 0 unspecified atom stereocenters. The maximum Gasteiger partial charge on any atom is 0.288 e. The quantitative estimate of drug-likeness (QED) is 0.434. The average Bonchev–Trinajstić information content (AvgIpc) is 1.63. The Labute approximate surface area is 54.8 Å². The summed E-state index contributed by atoms with van der Waals surface area (Å²) >= 11 is 0. The van der Waals surface area contributed by atoms with Crippen LogP contribution < -0.4 is 5.43 Å². The van der Waals surface area contributed by atoms with E-state index in [2.05, 4.69) is 4.95 Å². The van der Waals surface area contributed by atoms with Crippen molar-refractivity contribution in [2.45, 2.75) is 20.3 Å². The van der Waals surface area contributed by atoms with E-state index < -0.39 is 0 Å². The molecule has 0 fully saturated rings. The van der Waals surface area contributed by atoms with Crippen molar-refractivity contribution < 1.29 is 4.79 Å². The molecule has 3 nitrogen and oxygen atoms in total. The molecule has 0 aliphatic carbocycles. The third-order valence-electron chi connectivity index (χ3n) is 0.774. The van der Waals surface area contributed by atoms with E-state index in [1.807, 2.05) is 19.3 Å². The van der Waals surface area contributed by atoms with Gasteiger partial charge in [0.2, 0.25) is 0 Å². The third kappa shape index (κ3) is 4.82. The van der Waals surface area contributed by atoms with Crippen molar-refractivity contribution in [1.29, 1.82) is 0 Å². The molecule has 0 bridgehead atoms. The second-order valence-electron chi connectivity index (χ2n) is 2.24. The molecular formula is C6H10N2O. The molecule has 0 aromatic rings. The van der Waals surface area contributed by atoms with E-state index in [1.54, 1.807) is 0 Å². The van der Waals surface area contributed by atoms with Crippen LogP contribution in [0.2, 0.25) is 0 Å². The normalized spacial score (nSPS) is 8.67. The Morgan fingerprint density at radius 3 is 2.67 bits per heavy atom. The molecule has 0 radical (unpaired) electrons. The Morgan fingerprint density at radius 2 is 2.33 bits per heavy atom. The van der Waals surface area contributed by atoms with Gasteiger partial charge in [-0.3, -0.25) is 4.79 Å². The van der Waals surface area contributed by atoms with Gasteiger partial charge in [-0.15, -0.1) is 0 Å². The standard InChI is InChI=1S/C6H10N2O/c1-5(2)4-6(9)8-7-3/h5H,4H2,1-2H3,(H,8,9). The van der Waals surface area contributed by atoms with Gasteiger partial charge in [0.15, 0.2) is 0 Å². The molecule has 0 rings (SSSR count). The monoisotopic (exact) mass is 126 g/mol. The highest BCUT2D eigenvalue weighted by atomic mass is 16.2. The second-order valence-corrected chi connectivity index (χ2v) is 2.24. The summed E-state index contributed by atoms with van der Waals surface area (Å²) in [6.45, 7) is 10.1. The van der Waals surface area contributed by atoms with Crippen molar-refractivity contribution in [3.05, 3.63) is 11.5 Å². The first-order valence-electron chi connectivity index (χ1n) is 2.82. The molecule has 50 valence electrons. The van der Waals surface area contributed by atoms with E-state index in [0.717, 1.165) is 0 Å². The maximum absolute atomic E-state index is 10.5. The zero-order chi connectivity index (χ0) is 7.28. The molecule has 9 heavy (non-hydrogen) atoms. The number of hydrogen-bond donors (Lipinski definition) is 1. The van der Waals surface area contributed by atoms with Crippen LogP contribution in [0.25, 0.3) is 4.95 Å². The molecule has 1 N–H and O–H groups in total. The molecule has 0 aliphatic heterocycles. The average molecular weight is 126 g/mol. The largest absolute Gasteiger partial charge is 0.288 e. The second kappa shape index (κ2) is 3.90. The van der Waals surface area contributed by atoms with Gasteiger partial charge in [0.1, 0.15) is 0 Å². The van der Waals surface area contributed by atoms with E-state index in [0.29, 0.717) is 12.3 Å². The predicted molar refractivity (Wildman–Crippen MR) is 34.2 cm³/mol. The molecule has 0 saturated carbocycles. The summed E-state index contributed by atoms with van der Waals surface area (Å²) in [5, 5.41) is 0. The van der Waals surface area contributed by atoms with Crippen molar-refractivity contribution in [3.8, 4) is 0 Å². The molecular weight excluding hydrogens is 116 g/mol. The Morgan fingerprint density at radius 1 is 1.78 bits per heavy atom. The number of hydrogen-bond acceptors (Lipinski definition) is 1. The highest BCUT2D eigenvalue weighted by Crippen LogP contribution is 1.97. The summed E-state index contributed by atoms with van der Waals surface area (Å²) in [6.07, 6.45) is 0.433. The van der Waals surface area contributed by atoms with Gasteiger partial charge in [-0.1, -0.05) is 19.3 Å². The number of rotatable bonds is 2. The third-order valence-corrected chi connectivity index (χ3v) is 0.774. The number of carbonyl (C=O) groups is 1. The molecule has 1 amide bonds. The Balaban J connectivity index is 3.42. The van der Waals surface area contributed by atoms with Crippen molar-refractivity contribution in [2.75, 3.05) is 0 Å². The lowest BCUT2D eigenvalue weighted by Crippen LogP contribution is -2.16. The molecule has 0 aromatic heterocycles. The number of carbonyl (C=O) groups excluding carboxylic acids is 1. The molecule has 0 aliphatic rings. The highest BCUT2D eigenvalue weighted by Gasteiger charge is 2.04. The number of nitrogens with one attached hydrogen (secondary N) is 1. The minimum Gasteiger partial charge on any atom is -0.268 e. The van der Waals surface area contributed by atoms with E-state index >= 15 is 0 Å². The smallest absolute Gasteiger partial charge is 0.268 e. The summed E-state index contributed by atoms with van der Waals surface area (Å²) < 4.78 is 0. The van der Waals surface area contributed by atoms with Crippen LogP contribution in [0.5, 0.6) is 0 Å². The van der Waals surface area contributed by atoms with Gasteiger partial charge in [0.25, 0.3) is 5.91 Å². The lowest BCUT2D eigenvalue weighted by atomic mass is 10.1. The Hall–Kier alpha value is -1.04. The number of nitrogens with zero attached hydrogens (tertiary/aromatic N) is 1. The van der Waals surface area contributed by atoms with Gasteiger partial charge in [0, 0.05) is 6.42 Å². The molecule has 0 heterocycles. The van der Waals surface area contributed by atoms with Crippen molar-refractivity contribution in [2.24, 2.45) is 5.92 Å². The lowest BCUT2D eigenvalue weighted by molar-refractivity contribution is -0.120. The van der Waals surface area contributed by atoms with Crippen LogP contribution in [-0.4, -0.2) is 5.91 Å². The SMILES string of the molecule is [C-]#[N+]NC(=O)CC(C)C. The zero-order valence-electron chi connectivity index (χ0n) is 5.64. The molecule has 0 saturated heterocycles. The minimum absolute atomic E-state index is 0.194. The molecule has 0 atom stereocenters. The maximum atomic E-state index is 10.5. The van der Waals surface area contributed by atoms with Crippen LogP contribution in [0.4, 0.5) is 0 Å². The first-order valence-corrected chi connectivity index (χ1v) is 2.82. The van der Waals surface area contributed by atoms with Crippen molar-refractivity contribution >= 4 is 5.91 Å². The van der Waals surface area contributed by atoms with Crippen LogP contribution in [0.3, 0.4) is 0 Å². The van der Waals surface area contributed by atoms with E-state index in [-0.39, 0.29) is 5.91 Å². The van der Waals surface area contributed by atoms with Crippen LogP contribution in [-0.2, 0) is 4.79 Å². The molecule has 0 spiro atoms. The van der Waals surface area contributed by atoms with Gasteiger partial charge >= 0.3 is 0 Å². The van der Waals surface area contributed by atoms with E-state index in [4.69, 9.17) is 6.57 Å². The first-order chi connectivity index (χ1) is 4.16.